The Hall–Kier alpha value is -2.18. The number of carbonyl (C=O) groups excluding carboxylic acids is 1. The fraction of sp³-hybridized carbons (Fsp3) is 0.350. The average molecular weight is 396 g/mol. The highest BCUT2D eigenvalue weighted by Gasteiger charge is 2.36. The lowest BCUT2D eigenvalue weighted by Gasteiger charge is -2.39. The molecule has 1 aliphatic rings. The van der Waals surface area contributed by atoms with Gasteiger partial charge in [0.2, 0.25) is 5.91 Å². The summed E-state index contributed by atoms with van der Waals surface area (Å²) in [6.45, 7) is 0.533. The van der Waals surface area contributed by atoms with Crippen LogP contribution in [0.1, 0.15) is 18.4 Å². The SMILES string of the molecule is O=C(Cc1c(F)cccc1Cl)N1CCCC(O)(COc2ccc(F)cc2)C1. The van der Waals surface area contributed by atoms with E-state index in [0.29, 0.717) is 25.1 Å². The summed E-state index contributed by atoms with van der Waals surface area (Å²) in [4.78, 5) is 14.1. The number of carbonyl (C=O) groups is 1. The Morgan fingerprint density at radius 3 is 2.67 bits per heavy atom. The molecule has 0 aliphatic carbocycles. The summed E-state index contributed by atoms with van der Waals surface area (Å²) in [5.74, 6) is -0.765. The molecule has 144 valence electrons. The highest BCUT2D eigenvalue weighted by atomic mass is 35.5. The molecule has 1 unspecified atom stereocenters. The first-order valence-corrected chi connectivity index (χ1v) is 9.05. The van der Waals surface area contributed by atoms with Gasteiger partial charge in [-0.2, -0.15) is 0 Å². The second-order valence-corrected chi connectivity index (χ2v) is 7.17. The molecule has 2 aromatic carbocycles. The molecule has 2 aromatic rings. The summed E-state index contributed by atoms with van der Waals surface area (Å²) in [6, 6.07) is 9.78. The van der Waals surface area contributed by atoms with Gasteiger partial charge in [0.05, 0.1) is 13.0 Å². The van der Waals surface area contributed by atoms with Crippen molar-refractivity contribution in [1.29, 1.82) is 0 Å². The Bertz CT molecular complexity index is 795. The summed E-state index contributed by atoms with van der Waals surface area (Å²) in [6.07, 6.45) is 0.902. The van der Waals surface area contributed by atoms with E-state index in [2.05, 4.69) is 0 Å². The third-order valence-electron chi connectivity index (χ3n) is 4.62. The summed E-state index contributed by atoms with van der Waals surface area (Å²) in [5.41, 5.74) is -1.07. The maximum absolute atomic E-state index is 13.9. The van der Waals surface area contributed by atoms with E-state index in [-0.39, 0.29) is 41.9 Å². The maximum atomic E-state index is 13.9. The summed E-state index contributed by atoms with van der Waals surface area (Å²) in [5, 5.41) is 11.0. The number of rotatable bonds is 5. The third kappa shape index (κ3) is 4.96. The Morgan fingerprint density at radius 2 is 1.96 bits per heavy atom. The van der Waals surface area contributed by atoms with Crippen LogP contribution in [-0.2, 0) is 11.2 Å². The van der Waals surface area contributed by atoms with E-state index in [1.807, 2.05) is 0 Å². The Balaban J connectivity index is 1.62. The zero-order valence-electron chi connectivity index (χ0n) is 14.6. The lowest BCUT2D eigenvalue weighted by molar-refractivity contribution is -0.139. The second-order valence-electron chi connectivity index (χ2n) is 6.76. The van der Waals surface area contributed by atoms with Crippen molar-refractivity contribution in [1.82, 2.24) is 4.90 Å². The quantitative estimate of drug-likeness (QED) is 0.841. The fourth-order valence-corrected chi connectivity index (χ4v) is 3.39. The number of likely N-dealkylation sites (tertiary alicyclic amines) is 1. The molecule has 1 heterocycles. The van der Waals surface area contributed by atoms with Gasteiger partial charge in [-0.25, -0.2) is 8.78 Å². The molecule has 1 N–H and O–H groups in total. The van der Waals surface area contributed by atoms with Crippen LogP contribution in [0.15, 0.2) is 42.5 Å². The van der Waals surface area contributed by atoms with E-state index < -0.39 is 11.4 Å². The number of aliphatic hydroxyl groups is 1. The number of β-amino-alcohol motifs (C(OH)–C–C–N with tert-alkyl or cyclic N) is 1. The molecule has 1 atom stereocenters. The predicted molar refractivity (Wildman–Crippen MR) is 97.8 cm³/mol. The molecular formula is C20H20ClF2NO3. The smallest absolute Gasteiger partial charge is 0.227 e. The molecule has 1 aliphatic heterocycles. The van der Waals surface area contributed by atoms with Crippen molar-refractivity contribution in [3.63, 3.8) is 0 Å². The number of piperidine rings is 1. The summed E-state index contributed by atoms with van der Waals surface area (Å²) < 4.78 is 32.4. The zero-order chi connectivity index (χ0) is 19.4. The van der Waals surface area contributed by atoms with E-state index in [1.54, 1.807) is 0 Å². The van der Waals surface area contributed by atoms with Gasteiger partial charge < -0.3 is 14.7 Å². The van der Waals surface area contributed by atoms with Crippen molar-refractivity contribution < 1.29 is 23.4 Å². The minimum atomic E-state index is -1.22. The largest absolute Gasteiger partial charge is 0.491 e. The van der Waals surface area contributed by atoms with Crippen LogP contribution in [0.2, 0.25) is 5.02 Å². The van der Waals surface area contributed by atoms with Crippen LogP contribution in [0.3, 0.4) is 0 Å². The Kier molecular flexibility index (Phi) is 5.97. The molecule has 1 amide bonds. The number of hydrogen-bond acceptors (Lipinski definition) is 3. The predicted octanol–water partition coefficient (Wildman–Crippen LogP) is 3.59. The summed E-state index contributed by atoms with van der Waals surface area (Å²) >= 11 is 5.99. The van der Waals surface area contributed by atoms with Gasteiger partial charge in [0.25, 0.3) is 0 Å². The highest BCUT2D eigenvalue weighted by Crippen LogP contribution is 2.25. The van der Waals surface area contributed by atoms with Crippen LogP contribution in [0.25, 0.3) is 0 Å². The topological polar surface area (TPSA) is 49.8 Å². The van der Waals surface area contributed by atoms with Crippen LogP contribution in [-0.4, -0.2) is 41.2 Å². The number of benzene rings is 2. The van der Waals surface area contributed by atoms with Crippen LogP contribution in [0.4, 0.5) is 8.78 Å². The zero-order valence-corrected chi connectivity index (χ0v) is 15.4. The van der Waals surface area contributed by atoms with Gasteiger partial charge in [-0.3, -0.25) is 4.79 Å². The van der Waals surface area contributed by atoms with Crippen LogP contribution >= 0.6 is 11.6 Å². The maximum Gasteiger partial charge on any atom is 0.227 e. The minimum Gasteiger partial charge on any atom is -0.491 e. The number of nitrogens with zero attached hydrogens (tertiary/aromatic N) is 1. The van der Waals surface area contributed by atoms with Crippen molar-refractivity contribution in [2.24, 2.45) is 0 Å². The molecule has 0 saturated carbocycles. The van der Waals surface area contributed by atoms with Gasteiger partial charge in [-0.05, 0) is 49.2 Å². The number of hydrogen-bond donors (Lipinski definition) is 1. The van der Waals surface area contributed by atoms with Crippen molar-refractivity contribution in [3.8, 4) is 5.75 Å². The Morgan fingerprint density at radius 1 is 1.22 bits per heavy atom. The molecule has 0 radical (unpaired) electrons. The van der Waals surface area contributed by atoms with Crippen molar-refractivity contribution in [3.05, 3.63) is 64.7 Å². The lowest BCUT2D eigenvalue weighted by atomic mass is 9.93. The molecule has 0 bridgehead atoms. The molecule has 1 saturated heterocycles. The van der Waals surface area contributed by atoms with E-state index in [0.717, 1.165) is 0 Å². The standard InChI is InChI=1S/C20H20ClF2NO3/c21-17-3-1-4-18(23)16(17)11-19(25)24-10-2-9-20(26,12-24)13-27-15-7-5-14(22)6-8-15/h1,3-8,26H,2,9-13H2. The van der Waals surface area contributed by atoms with Crippen LogP contribution in [0, 0.1) is 11.6 Å². The van der Waals surface area contributed by atoms with Gasteiger partial charge >= 0.3 is 0 Å². The first kappa shape index (κ1) is 19.6. The Labute approximate surface area is 161 Å². The van der Waals surface area contributed by atoms with E-state index in [9.17, 15) is 18.7 Å². The average Bonchev–Trinajstić information content (AvgIpc) is 2.64. The van der Waals surface area contributed by atoms with E-state index >= 15 is 0 Å². The van der Waals surface area contributed by atoms with Crippen molar-refractivity contribution in [2.45, 2.75) is 24.9 Å². The molecule has 0 aromatic heterocycles. The number of amides is 1. The summed E-state index contributed by atoms with van der Waals surface area (Å²) in [7, 11) is 0. The fourth-order valence-electron chi connectivity index (χ4n) is 3.16. The molecule has 4 nitrogen and oxygen atoms in total. The third-order valence-corrected chi connectivity index (χ3v) is 4.97. The minimum absolute atomic E-state index is 0.0249. The van der Waals surface area contributed by atoms with E-state index in [1.165, 1.54) is 47.4 Å². The molecule has 0 spiro atoms. The van der Waals surface area contributed by atoms with E-state index in [4.69, 9.17) is 16.3 Å². The molecule has 27 heavy (non-hydrogen) atoms. The first-order valence-electron chi connectivity index (χ1n) is 8.68. The van der Waals surface area contributed by atoms with Crippen LogP contribution in [0.5, 0.6) is 5.75 Å². The normalized spacial score (nSPS) is 19.8. The van der Waals surface area contributed by atoms with Gasteiger partial charge in [0.1, 0.15) is 29.6 Å². The highest BCUT2D eigenvalue weighted by molar-refractivity contribution is 6.31. The number of ether oxygens (including phenoxy) is 1. The van der Waals surface area contributed by atoms with Crippen molar-refractivity contribution in [2.75, 3.05) is 19.7 Å². The van der Waals surface area contributed by atoms with Gasteiger partial charge in [0, 0.05) is 17.1 Å². The molecule has 1 fully saturated rings. The lowest BCUT2D eigenvalue weighted by Crippen LogP contribution is -2.53. The first-order chi connectivity index (χ1) is 12.9. The number of halogens is 3. The van der Waals surface area contributed by atoms with Gasteiger partial charge in [0.15, 0.2) is 0 Å². The second kappa shape index (κ2) is 8.23. The van der Waals surface area contributed by atoms with Crippen LogP contribution < -0.4 is 4.74 Å². The monoisotopic (exact) mass is 395 g/mol. The van der Waals surface area contributed by atoms with Gasteiger partial charge in [-0.1, -0.05) is 17.7 Å². The van der Waals surface area contributed by atoms with Gasteiger partial charge in [-0.15, -0.1) is 0 Å². The molecular weight excluding hydrogens is 376 g/mol. The molecule has 3 rings (SSSR count). The molecule has 7 heteroatoms. The van der Waals surface area contributed by atoms with Crippen molar-refractivity contribution >= 4 is 17.5 Å².